The molecule has 34 heavy (non-hydrogen) atoms. The molecule has 9 heteroatoms. The van der Waals surface area contributed by atoms with Crippen LogP contribution in [0.4, 0.5) is 8.78 Å². The van der Waals surface area contributed by atoms with Crippen LogP contribution in [0.15, 0.2) is 72.1 Å². The molecule has 5 heterocycles. The van der Waals surface area contributed by atoms with Gasteiger partial charge in [-0.2, -0.15) is 8.78 Å². The number of hydrogen-bond acceptors (Lipinski definition) is 7. The highest BCUT2D eigenvalue weighted by atomic mass is 19.1. The van der Waals surface area contributed by atoms with Crippen molar-refractivity contribution in [2.75, 3.05) is 6.61 Å². The van der Waals surface area contributed by atoms with E-state index < -0.39 is 17.4 Å². The summed E-state index contributed by atoms with van der Waals surface area (Å²) in [5, 5.41) is 0. The minimum Gasteiger partial charge on any atom is -0.465 e. The van der Waals surface area contributed by atoms with E-state index in [0.717, 1.165) is 0 Å². The average molecular weight is 457 g/mol. The first-order valence-corrected chi connectivity index (χ1v) is 10.6. The molecule has 1 unspecified atom stereocenters. The highest BCUT2D eigenvalue weighted by Crippen LogP contribution is 2.52. The van der Waals surface area contributed by atoms with Crippen LogP contribution in [0.1, 0.15) is 17.5 Å². The molecule has 0 saturated heterocycles. The van der Waals surface area contributed by atoms with E-state index >= 15 is 0 Å². The molecule has 0 radical (unpaired) electrons. The highest BCUT2D eigenvalue weighted by molar-refractivity contribution is 5.77. The van der Waals surface area contributed by atoms with Gasteiger partial charge in [0.25, 0.3) is 6.02 Å². The fourth-order valence-corrected chi connectivity index (χ4v) is 4.50. The van der Waals surface area contributed by atoms with Gasteiger partial charge in [-0.25, -0.2) is 19.9 Å². The van der Waals surface area contributed by atoms with Crippen molar-refractivity contribution in [3.05, 3.63) is 90.1 Å². The third kappa shape index (κ3) is 3.16. The molecule has 0 saturated carbocycles. The van der Waals surface area contributed by atoms with Gasteiger partial charge in [0.15, 0.2) is 0 Å². The standard InChI is InChI=1S/C25H17F2N5O2/c26-21-12-14(5-8-29-21)16-11-19-23(31-13-16)34-20-4-3-15(17-2-1-7-30-22(17)27)10-18(20)25(19)6-9-33-24(28)32-25/h1-5,7-8,10-13H,6,9H2,(H2,28,32). The molecular weight excluding hydrogens is 440 g/mol. The summed E-state index contributed by atoms with van der Waals surface area (Å²) >= 11 is 0. The number of amidine groups is 1. The number of hydrogen-bond donors (Lipinski definition) is 1. The molecular formula is C25H17F2N5O2. The van der Waals surface area contributed by atoms with Gasteiger partial charge in [0.1, 0.15) is 11.3 Å². The molecule has 168 valence electrons. The Labute approximate surface area is 193 Å². The Hall–Kier alpha value is -4.40. The molecule has 0 fully saturated rings. The fourth-order valence-electron chi connectivity index (χ4n) is 4.50. The van der Waals surface area contributed by atoms with Gasteiger partial charge in [-0.1, -0.05) is 6.07 Å². The lowest BCUT2D eigenvalue weighted by Crippen LogP contribution is -2.38. The lowest BCUT2D eigenvalue weighted by Gasteiger charge is -2.39. The van der Waals surface area contributed by atoms with E-state index in [4.69, 9.17) is 20.2 Å². The zero-order valence-electron chi connectivity index (χ0n) is 17.7. The van der Waals surface area contributed by atoms with Crippen LogP contribution in [0, 0.1) is 11.9 Å². The summed E-state index contributed by atoms with van der Waals surface area (Å²) in [6.07, 6.45) is 4.85. The lowest BCUT2D eigenvalue weighted by molar-refractivity contribution is 0.218. The van der Waals surface area contributed by atoms with Gasteiger partial charge in [0.05, 0.1) is 6.61 Å². The number of nitrogens with two attached hydrogens (primary N) is 1. The Morgan fingerprint density at radius 1 is 0.882 bits per heavy atom. The van der Waals surface area contributed by atoms with Crippen molar-refractivity contribution in [2.45, 2.75) is 12.0 Å². The van der Waals surface area contributed by atoms with E-state index in [1.807, 2.05) is 12.1 Å². The smallest absolute Gasteiger partial charge is 0.283 e. The SMILES string of the molecule is NC1=NC2(CCO1)c1cc(-c3cccnc3F)ccc1Oc1ncc(-c3ccnc(F)c3)cc12. The molecule has 0 amide bonds. The summed E-state index contributed by atoms with van der Waals surface area (Å²) in [6.45, 7) is 0.313. The van der Waals surface area contributed by atoms with E-state index in [1.165, 1.54) is 18.5 Å². The van der Waals surface area contributed by atoms with Crippen molar-refractivity contribution in [1.82, 2.24) is 15.0 Å². The normalized spacial score (nSPS) is 18.4. The van der Waals surface area contributed by atoms with Crippen LogP contribution in [0.25, 0.3) is 22.3 Å². The first kappa shape index (κ1) is 20.2. The number of nitrogens with zero attached hydrogens (tertiary/aromatic N) is 4. The zero-order chi connectivity index (χ0) is 23.3. The molecule has 2 aliphatic heterocycles. The maximum Gasteiger partial charge on any atom is 0.283 e. The first-order valence-electron chi connectivity index (χ1n) is 10.6. The van der Waals surface area contributed by atoms with Gasteiger partial charge >= 0.3 is 0 Å². The van der Waals surface area contributed by atoms with Crippen LogP contribution in [0.5, 0.6) is 11.6 Å². The quantitative estimate of drug-likeness (QED) is 0.443. The van der Waals surface area contributed by atoms with Crippen molar-refractivity contribution in [3.63, 3.8) is 0 Å². The van der Waals surface area contributed by atoms with Crippen molar-refractivity contribution in [1.29, 1.82) is 0 Å². The van der Waals surface area contributed by atoms with E-state index in [1.54, 1.807) is 36.5 Å². The van der Waals surface area contributed by atoms with Gasteiger partial charge in [-0.05, 0) is 47.5 Å². The summed E-state index contributed by atoms with van der Waals surface area (Å²) in [5.41, 5.74) is 8.67. The third-order valence-electron chi connectivity index (χ3n) is 6.07. The summed E-state index contributed by atoms with van der Waals surface area (Å²) < 4.78 is 39.8. The number of halogens is 2. The molecule has 0 aliphatic carbocycles. The monoisotopic (exact) mass is 457 g/mol. The minimum atomic E-state index is -0.978. The number of pyridine rings is 3. The molecule has 1 spiro atoms. The molecule has 3 aromatic heterocycles. The maximum atomic E-state index is 14.5. The number of benzene rings is 1. The molecule has 1 aromatic carbocycles. The second kappa shape index (κ2) is 7.58. The Bertz CT molecular complexity index is 1480. The van der Waals surface area contributed by atoms with Gasteiger partial charge in [0.2, 0.25) is 17.8 Å². The van der Waals surface area contributed by atoms with Crippen LogP contribution in [-0.2, 0) is 10.3 Å². The van der Waals surface area contributed by atoms with Crippen molar-refractivity contribution >= 4 is 6.02 Å². The molecule has 2 N–H and O–H groups in total. The summed E-state index contributed by atoms with van der Waals surface area (Å²) in [4.78, 5) is 16.6. The molecule has 1 atom stereocenters. The summed E-state index contributed by atoms with van der Waals surface area (Å²) in [6, 6.07) is 13.6. The van der Waals surface area contributed by atoms with Gasteiger partial charge < -0.3 is 15.2 Å². The summed E-state index contributed by atoms with van der Waals surface area (Å²) in [5.74, 6) is -0.269. The Morgan fingerprint density at radius 3 is 2.59 bits per heavy atom. The maximum absolute atomic E-state index is 14.5. The van der Waals surface area contributed by atoms with Crippen LogP contribution in [0.2, 0.25) is 0 Å². The number of aromatic nitrogens is 3. The minimum absolute atomic E-state index is 0.0309. The molecule has 7 nitrogen and oxygen atoms in total. The van der Waals surface area contributed by atoms with Gasteiger partial charge in [-0.3, -0.25) is 0 Å². The van der Waals surface area contributed by atoms with Gasteiger partial charge in [0, 0.05) is 53.3 Å². The zero-order valence-corrected chi connectivity index (χ0v) is 17.7. The van der Waals surface area contributed by atoms with E-state index in [2.05, 4.69) is 15.0 Å². The van der Waals surface area contributed by atoms with Crippen molar-refractivity contribution < 1.29 is 18.3 Å². The van der Waals surface area contributed by atoms with E-state index in [9.17, 15) is 8.78 Å². The van der Waals surface area contributed by atoms with Crippen LogP contribution < -0.4 is 10.5 Å². The Balaban J connectivity index is 1.58. The molecule has 0 bridgehead atoms. The second-order valence-corrected chi connectivity index (χ2v) is 8.01. The highest BCUT2D eigenvalue weighted by Gasteiger charge is 2.45. The lowest BCUT2D eigenvalue weighted by atomic mass is 9.77. The summed E-state index contributed by atoms with van der Waals surface area (Å²) in [7, 11) is 0. The van der Waals surface area contributed by atoms with Gasteiger partial charge in [-0.15, -0.1) is 0 Å². The number of rotatable bonds is 2. The van der Waals surface area contributed by atoms with E-state index in [0.29, 0.717) is 58.0 Å². The van der Waals surface area contributed by atoms with Crippen LogP contribution in [0.3, 0.4) is 0 Å². The van der Waals surface area contributed by atoms with E-state index in [-0.39, 0.29) is 6.02 Å². The first-order chi connectivity index (χ1) is 16.5. The fraction of sp³-hybridized carbons (Fsp3) is 0.120. The number of ether oxygens (including phenoxy) is 2. The van der Waals surface area contributed by atoms with Crippen LogP contribution >= 0.6 is 0 Å². The second-order valence-electron chi connectivity index (χ2n) is 8.01. The Morgan fingerprint density at radius 2 is 1.76 bits per heavy atom. The average Bonchev–Trinajstić information content (AvgIpc) is 2.84. The number of fused-ring (bicyclic) bond motifs is 4. The molecule has 2 aliphatic rings. The predicted octanol–water partition coefficient (Wildman–Crippen LogP) is 4.57. The third-order valence-corrected chi connectivity index (χ3v) is 6.07. The van der Waals surface area contributed by atoms with Crippen molar-refractivity contribution in [2.24, 2.45) is 10.7 Å². The molecule has 4 aromatic rings. The predicted molar refractivity (Wildman–Crippen MR) is 120 cm³/mol. The molecule has 6 rings (SSSR count). The van der Waals surface area contributed by atoms with Crippen LogP contribution in [-0.4, -0.2) is 27.6 Å². The Kier molecular flexibility index (Phi) is 4.51. The largest absolute Gasteiger partial charge is 0.465 e. The van der Waals surface area contributed by atoms with Crippen molar-refractivity contribution in [3.8, 4) is 33.9 Å². The number of aliphatic imine (C=N–C) groups is 1. The topological polar surface area (TPSA) is 95.5 Å².